The molecule has 1 aliphatic rings. The van der Waals surface area contributed by atoms with Gasteiger partial charge in [-0.15, -0.1) is 0 Å². The number of hydrogen-bond donors (Lipinski definition) is 2. The monoisotopic (exact) mass is 104 g/mol. The number of ether oxygens (including phenoxy) is 1. The molecule has 0 bridgehead atoms. The fraction of sp³-hybridized carbons (Fsp3) is 1.00. The third kappa shape index (κ3) is 1.12. The standard InChI is InChI=1S/C4H8O3/c5-3-1-4(6)7-2-3/h3-6H,1-2H2/t3-,4?/m0/s1. The van der Waals surface area contributed by atoms with Gasteiger partial charge in [0.1, 0.15) is 0 Å². The van der Waals surface area contributed by atoms with E-state index in [1.54, 1.807) is 0 Å². The van der Waals surface area contributed by atoms with Crippen molar-refractivity contribution >= 4 is 0 Å². The Morgan fingerprint density at radius 2 is 2.14 bits per heavy atom. The molecule has 0 radical (unpaired) electrons. The normalized spacial score (nSPS) is 42.0. The Hall–Kier alpha value is -0.120. The van der Waals surface area contributed by atoms with Crippen LogP contribution in [0.2, 0.25) is 0 Å². The van der Waals surface area contributed by atoms with E-state index in [1.807, 2.05) is 0 Å². The van der Waals surface area contributed by atoms with Gasteiger partial charge in [0, 0.05) is 6.42 Å². The lowest BCUT2D eigenvalue weighted by molar-refractivity contribution is -0.0595. The average Bonchev–Trinajstić information content (AvgIpc) is 1.87. The maximum absolute atomic E-state index is 8.61. The van der Waals surface area contributed by atoms with Crippen molar-refractivity contribution in [2.75, 3.05) is 6.61 Å². The van der Waals surface area contributed by atoms with Gasteiger partial charge in [0.2, 0.25) is 0 Å². The third-order valence-corrected chi connectivity index (χ3v) is 0.955. The first-order valence-electron chi connectivity index (χ1n) is 2.27. The molecule has 0 aromatic carbocycles. The van der Waals surface area contributed by atoms with Crippen LogP contribution in [0.25, 0.3) is 0 Å². The van der Waals surface area contributed by atoms with Crippen LogP contribution in [0.5, 0.6) is 0 Å². The fourth-order valence-corrected chi connectivity index (χ4v) is 0.591. The Bertz CT molecular complexity index is 56.0. The van der Waals surface area contributed by atoms with E-state index in [0.717, 1.165) is 0 Å². The second-order valence-corrected chi connectivity index (χ2v) is 1.68. The molecule has 2 N–H and O–H groups in total. The number of hydrogen-bond acceptors (Lipinski definition) is 3. The van der Waals surface area contributed by atoms with E-state index < -0.39 is 12.4 Å². The first kappa shape index (κ1) is 5.03. The van der Waals surface area contributed by atoms with Gasteiger partial charge in [0.15, 0.2) is 6.29 Å². The number of aliphatic hydroxyl groups is 2. The summed E-state index contributed by atoms with van der Waals surface area (Å²) in [5.74, 6) is 0. The van der Waals surface area contributed by atoms with Crippen LogP contribution in [0, 0.1) is 0 Å². The van der Waals surface area contributed by atoms with Gasteiger partial charge < -0.3 is 14.9 Å². The molecule has 1 rings (SSSR count). The summed E-state index contributed by atoms with van der Waals surface area (Å²) in [6, 6.07) is 0. The maximum Gasteiger partial charge on any atom is 0.157 e. The molecule has 3 nitrogen and oxygen atoms in total. The summed E-state index contributed by atoms with van der Waals surface area (Å²) in [6.45, 7) is 0.279. The second-order valence-electron chi connectivity index (χ2n) is 1.68. The molecule has 0 amide bonds. The topological polar surface area (TPSA) is 49.7 Å². The predicted octanol–water partition coefficient (Wildman–Crippen LogP) is -0.914. The zero-order valence-electron chi connectivity index (χ0n) is 3.87. The van der Waals surface area contributed by atoms with E-state index in [-0.39, 0.29) is 6.61 Å². The Labute approximate surface area is 41.5 Å². The predicted molar refractivity (Wildman–Crippen MR) is 22.6 cm³/mol. The van der Waals surface area contributed by atoms with Crippen LogP contribution < -0.4 is 0 Å². The summed E-state index contributed by atoms with van der Waals surface area (Å²) in [5.41, 5.74) is 0. The minimum Gasteiger partial charge on any atom is -0.391 e. The van der Waals surface area contributed by atoms with Crippen molar-refractivity contribution in [2.45, 2.75) is 18.8 Å². The molecule has 0 spiro atoms. The highest BCUT2D eigenvalue weighted by Gasteiger charge is 2.20. The lowest BCUT2D eigenvalue weighted by Gasteiger charge is -1.93. The molecule has 0 aromatic heterocycles. The van der Waals surface area contributed by atoms with E-state index in [1.165, 1.54) is 0 Å². The van der Waals surface area contributed by atoms with Crippen molar-refractivity contribution in [3.63, 3.8) is 0 Å². The van der Waals surface area contributed by atoms with Crippen molar-refractivity contribution in [1.82, 2.24) is 0 Å². The molecule has 1 unspecified atom stereocenters. The first-order chi connectivity index (χ1) is 3.29. The minimum atomic E-state index is -0.727. The molecule has 1 saturated heterocycles. The number of rotatable bonds is 0. The van der Waals surface area contributed by atoms with Crippen molar-refractivity contribution in [1.29, 1.82) is 0 Å². The summed E-state index contributed by atoms with van der Waals surface area (Å²) in [4.78, 5) is 0. The smallest absolute Gasteiger partial charge is 0.157 e. The van der Waals surface area contributed by atoms with E-state index in [0.29, 0.717) is 6.42 Å². The SMILES string of the molecule is OC1C[C@H](O)CO1. The molecular formula is C4H8O3. The molecular weight excluding hydrogens is 96.0 g/mol. The van der Waals surface area contributed by atoms with Crippen LogP contribution in [0.1, 0.15) is 6.42 Å². The van der Waals surface area contributed by atoms with Crippen molar-refractivity contribution in [2.24, 2.45) is 0 Å². The highest BCUT2D eigenvalue weighted by Crippen LogP contribution is 2.08. The summed E-state index contributed by atoms with van der Waals surface area (Å²) < 4.78 is 4.57. The van der Waals surface area contributed by atoms with Gasteiger partial charge in [-0.05, 0) is 0 Å². The average molecular weight is 104 g/mol. The Kier molecular flexibility index (Phi) is 1.27. The van der Waals surface area contributed by atoms with E-state index in [2.05, 4.69) is 4.74 Å². The molecule has 1 aliphatic heterocycles. The Morgan fingerprint density at radius 3 is 2.29 bits per heavy atom. The molecule has 7 heavy (non-hydrogen) atoms. The Balaban J connectivity index is 2.26. The maximum atomic E-state index is 8.61. The lowest BCUT2D eigenvalue weighted by Crippen LogP contribution is -2.04. The van der Waals surface area contributed by atoms with Crippen LogP contribution in [0.15, 0.2) is 0 Å². The minimum absolute atomic E-state index is 0.279. The van der Waals surface area contributed by atoms with Gasteiger partial charge in [0.25, 0.3) is 0 Å². The number of aliphatic hydroxyl groups excluding tert-OH is 2. The van der Waals surface area contributed by atoms with Gasteiger partial charge in [0.05, 0.1) is 12.7 Å². The second kappa shape index (κ2) is 1.78. The van der Waals surface area contributed by atoms with Crippen molar-refractivity contribution in [3.05, 3.63) is 0 Å². The lowest BCUT2D eigenvalue weighted by atomic mass is 10.3. The van der Waals surface area contributed by atoms with E-state index in [9.17, 15) is 0 Å². The summed E-state index contributed by atoms with van der Waals surface area (Å²) >= 11 is 0. The van der Waals surface area contributed by atoms with Crippen LogP contribution in [-0.4, -0.2) is 29.2 Å². The van der Waals surface area contributed by atoms with Crippen LogP contribution in [0.3, 0.4) is 0 Å². The van der Waals surface area contributed by atoms with Crippen molar-refractivity contribution in [3.8, 4) is 0 Å². The highest BCUT2D eigenvalue weighted by molar-refractivity contribution is 4.62. The van der Waals surface area contributed by atoms with Crippen LogP contribution in [0.4, 0.5) is 0 Å². The van der Waals surface area contributed by atoms with E-state index >= 15 is 0 Å². The molecule has 0 saturated carbocycles. The zero-order valence-corrected chi connectivity index (χ0v) is 3.87. The molecule has 1 heterocycles. The van der Waals surface area contributed by atoms with Gasteiger partial charge in [-0.3, -0.25) is 0 Å². The van der Waals surface area contributed by atoms with Crippen LogP contribution >= 0.6 is 0 Å². The Morgan fingerprint density at radius 1 is 1.43 bits per heavy atom. The van der Waals surface area contributed by atoms with Gasteiger partial charge in [-0.25, -0.2) is 0 Å². The summed E-state index contributed by atoms with van der Waals surface area (Å²) in [5, 5.41) is 17.1. The van der Waals surface area contributed by atoms with Crippen molar-refractivity contribution < 1.29 is 14.9 Å². The van der Waals surface area contributed by atoms with Gasteiger partial charge in [-0.2, -0.15) is 0 Å². The molecule has 1 fully saturated rings. The first-order valence-corrected chi connectivity index (χ1v) is 2.27. The summed E-state index contributed by atoms with van der Waals surface area (Å²) in [6.07, 6.45) is -0.815. The third-order valence-electron chi connectivity index (χ3n) is 0.955. The summed E-state index contributed by atoms with van der Waals surface area (Å²) in [7, 11) is 0. The van der Waals surface area contributed by atoms with Gasteiger partial charge >= 0.3 is 0 Å². The zero-order chi connectivity index (χ0) is 5.28. The molecule has 0 aromatic rings. The quantitative estimate of drug-likeness (QED) is 0.418. The molecule has 0 aliphatic carbocycles. The fourth-order valence-electron chi connectivity index (χ4n) is 0.591. The van der Waals surface area contributed by atoms with Crippen LogP contribution in [-0.2, 0) is 4.74 Å². The molecule has 3 heteroatoms. The van der Waals surface area contributed by atoms with E-state index in [4.69, 9.17) is 10.2 Å². The largest absolute Gasteiger partial charge is 0.391 e. The molecule has 42 valence electrons. The van der Waals surface area contributed by atoms with Gasteiger partial charge in [-0.1, -0.05) is 0 Å². The highest BCUT2D eigenvalue weighted by atomic mass is 16.6. The molecule has 2 atom stereocenters.